The van der Waals surface area contributed by atoms with Crippen LogP contribution in [0, 0.1) is 0 Å². The molecule has 0 aliphatic heterocycles. The molecular weight excluding hydrogens is 350 g/mol. The van der Waals surface area contributed by atoms with Gasteiger partial charge in [0.1, 0.15) is 18.2 Å². The molecule has 5 heteroatoms. The van der Waals surface area contributed by atoms with Crippen molar-refractivity contribution in [3.05, 3.63) is 59.9 Å². The molecule has 5 nitrogen and oxygen atoms in total. The number of nitrogens with zero attached hydrogens (tertiary/aromatic N) is 2. The van der Waals surface area contributed by atoms with Crippen LogP contribution in [0.25, 0.3) is 11.0 Å². The number of carbonyl (C=O) groups is 1. The van der Waals surface area contributed by atoms with E-state index in [1.807, 2.05) is 44.2 Å². The number of hydrogen-bond acceptors (Lipinski definition) is 3. The van der Waals surface area contributed by atoms with Crippen LogP contribution in [0.15, 0.2) is 48.5 Å². The fourth-order valence-electron chi connectivity index (χ4n) is 3.34. The van der Waals surface area contributed by atoms with Gasteiger partial charge in [-0.25, -0.2) is 4.98 Å². The van der Waals surface area contributed by atoms with E-state index in [1.54, 1.807) is 0 Å². The second-order valence-electron chi connectivity index (χ2n) is 7.00. The molecule has 3 rings (SSSR count). The minimum Gasteiger partial charge on any atom is -0.492 e. The number of carbonyl (C=O) groups excluding carboxylic acids is 1. The molecule has 1 heterocycles. The lowest BCUT2D eigenvalue weighted by Crippen LogP contribution is -2.28. The predicted octanol–water partition coefficient (Wildman–Crippen LogP) is 4.66. The lowest BCUT2D eigenvalue weighted by molar-refractivity contribution is -0.121. The van der Waals surface area contributed by atoms with Crippen molar-refractivity contribution in [2.75, 3.05) is 6.61 Å². The van der Waals surface area contributed by atoms with Crippen molar-refractivity contribution in [3.63, 3.8) is 0 Å². The second-order valence-corrected chi connectivity index (χ2v) is 7.00. The summed E-state index contributed by atoms with van der Waals surface area (Å²) in [4.78, 5) is 16.8. The van der Waals surface area contributed by atoms with Gasteiger partial charge in [-0.2, -0.15) is 0 Å². The second kappa shape index (κ2) is 9.40. The first-order chi connectivity index (χ1) is 13.6. The highest BCUT2D eigenvalue weighted by atomic mass is 16.5. The lowest BCUT2D eigenvalue weighted by Gasteiger charge is -2.16. The molecule has 0 spiro atoms. The van der Waals surface area contributed by atoms with Crippen LogP contribution in [0.4, 0.5) is 0 Å². The maximum Gasteiger partial charge on any atom is 0.220 e. The Morgan fingerprint density at radius 2 is 1.89 bits per heavy atom. The van der Waals surface area contributed by atoms with Gasteiger partial charge < -0.3 is 14.6 Å². The number of para-hydroxylation sites is 2. The maximum absolute atomic E-state index is 12.0. The maximum atomic E-state index is 12.0. The summed E-state index contributed by atoms with van der Waals surface area (Å²) < 4.78 is 8.09. The van der Waals surface area contributed by atoms with Crippen LogP contribution >= 0.6 is 0 Å². The van der Waals surface area contributed by atoms with Gasteiger partial charge >= 0.3 is 0 Å². The molecule has 1 N–H and O–H groups in total. The first kappa shape index (κ1) is 19.9. The SMILES string of the molecule is CCCC(=O)NC(C)c1nc2ccccc2n1CCOc1ccc(CC)cc1. The average molecular weight is 380 g/mol. The van der Waals surface area contributed by atoms with Crippen molar-refractivity contribution in [1.29, 1.82) is 0 Å². The number of fused-ring (bicyclic) bond motifs is 1. The third-order valence-electron chi connectivity index (χ3n) is 4.84. The van der Waals surface area contributed by atoms with Crippen molar-refractivity contribution in [2.45, 2.75) is 52.6 Å². The van der Waals surface area contributed by atoms with Crippen LogP contribution in [0.1, 0.15) is 51.0 Å². The molecular formula is C23H29N3O2. The molecule has 28 heavy (non-hydrogen) atoms. The highest BCUT2D eigenvalue weighted by Gasteiger charge is 2.18. The molecule has 1 atom stereocenters. The van der Waals surface area contributed by atoms with E-state index < -0.39 is 0 Å². The van der Waals surface area contributed by atoms with E-state index in [0.29, 0.717) is 19.6 Å². The highest BCUT2D eigenvalue weighted by Crippen LogP contribution is 2.21. The van der Waals surface area contributed by atoms with Gasteiger partial charge in [-0.3, -0.25) is 4.79 Å². The number of hydrogen-bond donors (Lipinski definition) is 1. The molecule has 0 aliphatic rings. The number of imidazole rings is 1. The number of aryl methyl sites for hydroxylation is 1. The van der Waals surface area contributed by atoms with Crippen LogP contribution < -0.4 is 10.1 Å². The Bertz CT molecular complexity index is 915. The van der Waals surface area contributed by atoms with Crippen LogP contribution in [-0.4, -0.2) is 22.1 Å². The Morgan fingerprint density at radius 3 is 2.61 bits per heavy atom. The molecule has 2 aromatic carbocycles. The van der Waals surface area contributed by atoms with Gasteiger partial charge in [-0.15, -0.1) is 0 Å². The quantitative estimate of drug-likeness (QED) is 0.588. The summed E-state index contributed by atoms with van der Waals surface area (Å²) in [6, 6.07) is 16.1. The number of nitrogens with one attached hydrogen (secondary N) is 1. The molecule has 0 saturated carbocycles. The number of benzene rings is 2. The third kappa shape index (κ3) is 4.71. The monoisotopic (exact) mass is 379 g/mol. The van der Waals surface area contributed by atoms with E-state index in [4.69, 9.17) is 9.72 Å². The van der Waals surface area contributed by atoms with Gasteiger partial charge in [0, 0.05) is 6.42 Å². The lowest BCUT2D eigenvalue weighted by atomic mass is 10.2. The van der Waals surface area contributed by atoms with E-state index in [-0.39, 0.29) is 11.9 Å². The standard InChI is InChI=1S/C23H29N3O2/c1-4-8-22(27)24-17(3)23-25-20-9-6-7-10-21(20)26(23)15-16-28-19-13-11-18(5-2)12-14-19/h6-7,9-14,17H,4-5,8,15-16H2,1-3H3,(H,24,27). The Hall–Kier alpha value is -2.82. The summed E-state index contributed by atoms with van der Waals surface area (Å²) in [5.74, 6) is 1.78. The van der Waals surface area contributed by atoms with Gasteiger partial charge in [0.25, 0.3) is 0 Å². The molecule has 1 aromatic heterocycles. The molecule has 3 aromatic rings. The van der Waals surface area contributed by atoms with Gasteiger partial charge in [-0.05, 0) is 49.6 Å². The van der Waals surface area contributed by atoms with E-state index in [9.17, 15) is 4.79 Å². The molecule has 0 radical (unpaired) electrons. The molecule has 148 valence electrons. The van der Waals surface area contributed by atoms with Crippen molar-refractivity contribution < 1.29 is 9.53 Å². The molecule has 1 amide bonds. The van der Waals surface area contributed by atoms with Gasteiger partial charge in [0.2, 0.25) is 5.91 Å². The minimum absolute atomic E-state index is 0.0564. The van der Waals surface area contributed by atoms with Crippen molar-refractivity contribution in [3.8, 4) is 5.75 Å². The minimum atomic E-state index is -0.157. The largest absolute Gasteiger partial charge is 0.492 e. The molecule has 0 fully saturated rings. The molecule has 1 unspecified atom stereocenters. The van der Waals surface area contributed by atoms with Crippen molar-refractivity contribution in [1.82, 2.24) is 14.9 Å². The Kier molecular flexibility index (Phi) is 6.69. The predicted molar refractivity (Wildman–Crippen MR) is 113 cm³/mol. The summed E-state index contributed by atoms with van der Waals surface area (Å²) >= 11 is 0. The Morgan fingerprint density at radius 1 is 1.14 bits per heavy atom. The number of ether oxygens (including phenoxy) is 1. The summed E-state index contributed by atoms with van der Waals surface area (Å²) in [6.45, 7) is 7.33. The topological polar surface area (TPSA) is 56.2 Å². The smallest absolute Gasteiger partial charge is 0.220 e. The zero-order valence-electron chi connectivity index (χ0n) is 16.9. The molecule has 0 aliphatic carbocycles. The Labute approximate surface area is 166 Å². The first-order valence-electron chi connectivity index (χ1n) is 10.1. The highest BCUT2D eigenvalue weighted by molar-refractivity contribution is 5.78. The van der Waals surface area contributed by atoms with Crippen LogP contribution in [0.3, 0.4) is 0 Å². The first-order valence-corrected chi connectivity index (χ1v) is 10.1. The number of aromatic nitrogens is 2. The summed E-state index contributed by atoms with van der Waals surface area (Å²) in [5.41, 5.74) is 3.28. The fourth-order valence-corrected chi connectivity index (χ4v) is 3.34. The molecule has 0 bridgehead atoms. The normalized spacial score (nSPS) is 12.1. The fraction of sp³-hybridized carbons (Fsp3) is 0.391. The Balaban J connectivity index is 1.75. The zero-order valence-corrected chi connectivity index (χ0v) is 16.9. The van der Waals surface area contributed by atoms with Crippen molar-refractivity contribution in [2.24, 2.45) is 0 Å². The van der Waals surface area contributed by atoms with E-state index in [1.165, 1.54) is 5.56 Å². The van der Waals surface area contributed by atoms with Crippen LogP contribution in [0.5, 0.6) is 5.75 Å². The summed E-state index contributed by atoms with van der Waals surface area (Å²) in [6.07, 6.45) is 2.38. The number of rotatable bonds is 9. The third-order valence-corrected chi connectivity index (χ3v) is 4.84. The zero-order chi connectivity index (χ0) is 19.9. The van der Waals surface area contributed by atoms with Gasteiger partial charge in [0.05, 0.1) is 23.6 Å². The summed E-state index contributed by atoms with van der Waals surface area (Å²) in [7, 11) is 0. The van der Waals surface area contributed by atoms with Crippen molar-refractivity contribution >= 4 is 16.9 Å². The van der Waals surface area contributed by atoms with Crippen LogP contribution in [0.2, 0.25) is 0 Å². The van der Waals surface area contributed by atoms with E-state index >= 15 is 0 Å². The number of amides is 1. The van der Waals surface area contributed by atoms with Crippen LogP contribution in [-0.2, 0) is 17.8 Å². The molecule has 0 saturated heterocycles. The van der Waals surface area contributed by atoms with Gasteiger partial charge in [-0.1, -0.05) is 38.1 Å². The van der Waals surface area contributed by atoms with Gasteiger partial charge in [0.15, 0.2) is 0 Å². The summed E-state index contributed by atoms with van der Waals surface area (Å²) in [5, 5.41) is 3.06. The van der Waals surface area contributed by atoms with E-state index in [0.717, 1.165) is 35.4 Å². The van der Waals surface area contributed by atoms with E-state index in [2.05, 4.69) is 35.0 Å². The average Bonchev–Trinajstić information content (AvgIpc) is 3.07.